The summed E-state index contributed by atoms with van der Waals surface area (Å²) in [6.45, 7) is 5.18. The molecular formula is C22H31N5OS. The van der Waals surface area contributed by atoms with Crippen LogP contribution in [0.4, 0.5) is 0 Å². The molecule has 29 heavy (non-hydrogen) atoms. The average Bonchev–Trinajstić information content (AvgIpc) is 3.32. The van der Waals surface area contributed by atoms with Crippen molar-refractivity contribution in [2.45, 2.75) is 44.6 Å². The molecule has 0 bridgehead atoms. The van der Waals surface area contributed by atoms with Crippen molar-refractivity contribution in [3.8, 4) is 11.1 Å². The summed E-state index contributed by atoms with van der Waals surface area (Å²) in [6.07, 6.45) is 12.9. The van der Waals surface area contributed by atoms with E-state index < -0.39 is 0 Å². The van der Waals surface area contributed by atoms with Gasteiger partial charge < -0.3 is 4.74 Å². The highest BCUT2D eigenvalue weighted by molar-refractivity contribution is 7.78. The number of thiol groups is 1. The number of hydrogen-bond acceptors (Lipinski definition) is 5. The molecule has 0 aliphatic heterocycles. The quantitative estimate of drug-likeness (QED) is 0.592. The fourth-order valence-corrected chi connectivity index (χ4v) is 4.98. The lowest BCUT2D eigenvalue weighted by Crippen LogP contribution is -2.39. The van der Waals surface area contributed by atoms with Gasteiger partial charge in [0.1, 0.15) is 5.65 Å². The van der Waals surface area contributed by atoms with Crippen molar-refractivity contribution in [3.63, 3.8) is 0 Å². The van der Waals surface area contributed by atoms with Crippen molar-refractivity contribution < 1.29 is 4.74 Å². The van der Waals surface area contributed by atoms with Gasteiger partial charge in [-0.25, -0.2) is 4.98 Å². The third-order valence-corrected chi connectivity index (χ3v) is 6.64. The highest BCUT2D eigenvalue weighted by Gasteiger charge is 2.26. The summed E-state index contributed by atoms with van der Waals surface area (Å²) in [5.41, 5.74) is 4.49. The molecule has 7 heteroatoms. The number of hydrogen-bond donors (Lipinski definition) is 1. The van der Waals surface area contributed by atoms with E-state index in [0.29, 0.717) is 12.0 Å². The minimum Gasteiger partial charge on any atom is -0.383 e. The number of nitrogens with zero attached hydrogens (tertiary/aromatic N) is 5. The largest absolute Gasteiger partial charge is 0.383 e. The summed E-state index contributed by atoms with van der Waals surface area (Å²) in [6, 6.07) is 3.00. The lowest BCUT2D eigenvalue weighted by molar-refractivity contribution is 0.103. The van der Waals surface area contributed by atoms with Gasteiger partial charge in [-0.1, -0.05) is 19.7 Å². The first-order chi connectivity index (χ1) is 14.1. The van der Waals surface area contributed by atoms with E-state index >= 15 is 0 Å². The van der Waals surface area contributed by atoms with Crippen LogP contribution in [0.2, 0.25) is 0 Å². The van der Waals surface area contributed by atoms with Gasteiger partial charge in [-0.3, -0.25) is 13.6 Å². The lowest BCUT2D eigenvalue weighted by atomic mass is 9.81. The van der Waals surface area contributed by atoms with Gasteiger partial charge in [0.25, 0.3) is 0 Å². The Morgan fingerprint density at radius 1 is 1.21 bits per heavy atom. The summed E-state index contributed by atoms with van der Waals surface area (Å²) in [4.78, 5) is 7.32. The zero-order chi connectivity index (χ0) is 20.4. The van der Waals surface area contributed by atoms with Gasteiger partial charge in [-0.05, 0) is 49.8 Å². The molecule has 0 aromatic carbocycles. The molecule has 0 atom stereocenters. The van der Waals surface area contributed by atoms with E-state index in [2.05, 4.69) is 42.0 Å². The van der Waals surface area contributed by atoms with Crippen LogP contribution in [0.1, 0.15) is 44.1 Å². The Kier molecular flexibility index (Phi) is 6.27. The molecule has 1 saturated carbocycles. The van der Waals surface area contributed by atoms with E-state index in [-0.39, 0.29) is 0 Å². The normalized spacial score (nSPS) is 20.0. The van der Waals surface area contributed by atoms with Crippen LogP contribution in [0, 0.1) is 0 Å². The summed E-state index contributed by atoms with van der Waals surface area (Å²) < 4.78 is 8.93. The van der Waals surface area contributed by atoms with E-state index in [1.54, 1.807) is 7.11 Å². The number of aromatic nitrogens is 4. The maximum Gasteiger partial charge on any atom is 0.150 e. The van der Waals surface area contributed by atoms with E-state index in [1.807, 2.05) is 34.3 Å². The number of ether oxygens (including phenoxy) is 1. The molecule has 3 heterocycles. The number of aryl methyl sites for hydroxylation is 1. The molecule has 3 aromatic heterocycles. The molecular weight excluding hydrogens is 382 g/mol. The van der Waals surface area contributed by atoms with E-state index in [4.69, 9.17) is 9.72 Å². The predicted octanol–water partition coefficient (Wildman–Crippen LogP) is 4.12. The zero-order valence-corrected chi connectivity index (χ0v) is 18.5. The standard InChI is InChI=1S/C22H31N5OS/c1-4-26(9-10-28-3)19-7-5-16(6-8-19)17-11-20-21(18-13-24-25(2)14-18)15-27(29)22(20)23-12-17/h11-16,19,29H,4-10H2,1-3H3/t16-,19+. The first-order valence-corrected chi connectivity index (χ1v) is 10.9. The number of likely N-dealkylation sites (N-methyl/N-ethyl adjacent to an activating group) is 1. The summed E-state index contributed by atoms with van der Waals surface area (Å²) >= 11 is 4.57. The van der Waals surface area contributed by atoms with Crippen molar-refractivity contribution >= 4 is 23.8 Å². The molecule has 1 aliphatic carbocycles. The molecule has 0 N–H and O–H groups in total. The minimum absolute atomic E-state index is 0.578. The minimum atomic E-state index is 0.578. The Bertz CT molecular complexity index is 957. The fourth-order valence-electron chi connectivity index (χ4n) is 4.70. The molecule has 4 rings (SSSR count). The fraction of sp³-hybridized carbons (Fsp3) is 0.545. The topological polar surface area (TPSA) is 48.1 Å². The molecule has 6 nitrogen and oxygen atoms in total. The number of fused-ring (bicyclic) bond motifs is 1. The molecule has 0 saturated heterocycles. The Labute approximate surface area is 178 Å². The smallest absolute Gasteiger partial charge is 0.150 e. The molecule has 1 aliphatic rings. The van der Waals surface area contributed by atoms with Gasteiger partial charge >= 0.3 is 0 Å². The number of pyridine rings is 1. The summed E-state index contributed by atoms with van der Waals surface area (Å²) in [5, 5.41) is 5.48. The third-order valence-electron chi connectivity index (χ3n) is 6.34. The maximum absolute atomic E-state index is 5.28. The summed E-state index contributed by atoms with van der Waals surface area (Å²) in [5.74, 6) is 0.578. The predicted molar refractivity (Wildman–Crippen MR) is 120 cm³/mol. The van der Waals surface area contributed by atoms with Gasteiger partial charge in [0.15, 0.2) is 0 Å². The Morgan fingerprint density at radius 3 is 2.66 bits per heavy atom. The first kappa shape index (κ1) is 20.4. The SMILES string of the molecule is CCN(CCOC)[C@H]1CC[C@@H](c2cnc3c(c2)c(-c2cnn(C)c2)cn3S)CC1. The molecule has 0 radical (unpaired) electrons. The van der Waals surface area contributed by atoms with Crippen molar-refractivity contribution in [1.82, 2.24) is 23.6 Å². The summed E-state index contributed by atoms with van der Waals surface area (Å²) in [7, 11) is 3.73. The molecule has 0 unspecified atom stereocenters. The van der Waals surface area contributed by atoms with Crippen molar-refractivity contribution in [2.75, 3.05) is 26.8 Å². The zero-order valence-electron chi connectivity index (χ0n) is 17.6. The van der Waals surface area contributed by atoms with Crippen LogP contribution in [0.5, 0.6) is 0 Å². The van der Waals surface area contributed by atoms with Crippen LogP contribution in [0.25, 0.3) is 22.2 Å². The first-order valence-electron chi connectivity index (χ1n) is 10.5. The van der Waals surface area contributed by atoms with Crippen molar-refractivity contribution in [1.29, 1.82) is 0 Å². The second-order valence-electron chi connectivity index (χ2n) is 8.06. The van der Waals surface area contributed by atoms with E-state index in [9.17, 15) is 0 Å². The van der Waals surface area contributed by atoms with Crippen LogP contribution < -0.4 is 0 Å². The van der Waals surface area contributed by atoms with Crippen molar-refractivity contribution in [2.24, 2.45) is 7.05 Å². The Morgan fingerprint density at radius 2 is 2.00 bits per heavy atom. The Hall–Kier alpha value is -1.83. The van der Waals surface area contributed by atoms with Gasteiger partial charge in [0.2, 0.25) is 0 Å². The molecule has 0 amide bonds. The lowest BCUT2D eigenvalue weighted by Gasteiger charge is -2.36. The monoisotopic (exact) mass is 413 g/mol. The molecule has 1 fully saturated rings. The van der Waals surface area contributed by atoms with E-state index in [1.165, 1.54) is 31.2 Å². The van der Waals surface area contributed by atoms with Crippen LogP contribution in [-0.2, 0) is 11.8 Å². The van der Waals surface area contributed by atoms with E-state index in [0.717, 1.165) is 41.9 Å². The maximum atomic E-state index is 5.28. The highest BCUT2D eigenvalue weighted by atomic mass is 32.1. The van der Waals surface area contributed by atoms with Crippen LogP contribution in [0.15, 0.2) is 30.9 Å². The van der Waals surface area contributed by atoms with Crippen LogP contribution >= 0.6 is 12.8 Å². The van der Waals surface area contributed by atoms with Crippen molar-refractivity contribution in [3.05, 3.63) is 36.4 Å². The molecule has 156 valence electrons. The molecule has 0 spiro atoms. The second kappa shape index (κ2) is 8.90. The second-order valence-corrected chi connectivity index (χ2v) is 8.49. The van der Waals surface area contributed by atoms with Crippen LogP contribution in [0.3, 0.4) is 0 Å². The van der Waals surface area contributed by atoms with Gasteiger partial charge in [0.05, 0.1) is 12.8 Å². The highest BCUT2D eigenvalue weighted by Crippen LogP contribution is 2.37. The van der Waals surface area contributed by atoms with Crippen LogP contribution in [-0.4, -0.2) is 56.5 Å². The van der Waals surface area contributed by atoms with Gasteiger partial charge in [-0.2, -0.15) is 5.10 Å². The van der Waals surface area contributed by atoms with Gasteiger partial charge in [-0.15, -0.1) is 0 Å². The molecule has 3 aromatic rings. The number of rotatable bonds is 7. The Balaban J connectivity index is 1.53. The number of methoxy groups -OCH3 is 1. The average molecular weight is 414 g/mol. The van der Waals surface area contributed by atoms with Gasteiger partial charge in [0, 0.05) is 61.8 Å². The third kappa shape index (κ3) is 4.22.